The lowest BCUT2D eigenvalue weighted by atomic mass is 10.2. The van der Waals surface area contributed by atoms with Crippen molar-refractivity contribution in [3.05, 3.63) is 52.4 Å². The Morgan fingerprint density at radius 1 is 1.32 bits per heavy atom. The van der Waals surface area contributed by atoms with Gasteiger partial charge in [-0.05, 0) is 66.8 Å². The van der Waals surface area contributed by atoms with Crippen LogP contribution in [-0.2, 0) is 10.0 Å². The second kappa shape index (κ2) is 6.95. The van der Waals surface area contributed by atoms with Gasteiger partial charge in [0, 0.05) is 11.0 Å². The van der Waals surface area contributed by atoms with Crippen molar-refractivity contribution < 1.29 is 12.8 Å². The average molecular weight is 387 g/mol. The van der Waals surface area contributed by atoms with Gasteiger partial charge in [0.2, 0.25) is 10.0 Å². The Balaban J connectivity index is 2.18. The number of nitrogens with zero attached hydrogens (tertiary/aromatic N) is 1. The van der Waals surface area contributed by atoms with E-state index in [0.29, 0.717) is 4.47 Å². The molecule has 2 rings (SSSR count). The first-order valence-corrected chi connectivity index (χ1v) is 9.04. The molecule has 1 aromatic heterocycles. The molecular weight excluding hydrogens is 368 g/mol. The third-order valence-corrected chi connectivity index (χ3v) is 5.74. The Labute approximate surface area is 139 Å². The molecule has 1 unspecified atom stereocenters. The molecule has 0 spiro atoms. The number of likely N-dealkylation sites (N-methyl/N-ethyl adjacent to an activating group) is 1. The van der Waals surface area contributed by atoms with Crippen molar-refractivity contribution in [1.82, 2.24) is 9.62 Å². The standard InChI is InChI=1S/C15H19BrN2O3S/c1-11-6-7-15(12(16)9-11)22(19,20)17-10-13(18(2)3)14-5-4-8-21-14/h4-9,13,17H,10H2,1-3H3. The Morgan fingerprint density at radius 2 is 2.05 bits per heavy atom. The van der Waals surface area contributed by atoms with Gasteiger partial charge < -0.3 is 4.42 Å². The normalized spacial score (nSPS) is 13.5. The number of hydrogen-bond donors (Lipinski definition) is 1. The van der Waals surface area contributed by atoms with Crippen LogP contribution in [0.1, 0.15) is 17.4 Å². The average Bonchev–Trinajstić information content (AvgIpc) is 2.91. The summed E-state index contributed by atoms with van der Waals surface area (Å²) in [6, 6.07) is 8.60. The lowest BCUT2D eigenvalue weighted by molar-refractivity contribution is 0.259. The van der Waals surface area contributed by atoms with E-state index in [9.17, 15) is 8.42 Å². The van der Waals surface area contributed by atoms with Crippen LogP contribution in [0.2, 0.25) is 0 Å². The largest absolute Gasteiger partial charge is 0.468 e. The third kappa shape index (κ3) is 3.98. The fourth-order valence-corrected chi connectivity index (χ4v) is 4.34. The van der Waals surface area contributed by atoms with Gasteiger partial charge in [0.05, 0.1) is 17.2 Å². The van der Waals surface area contributed by atoms with Gasteiger partial charge in [-0.2, -0.15) is 0 Å². The summed E-state index contributed by atoms with van der Waals surface area (Å²) in [5, 5.41) is 0. The molecule has 0 radical (unpaired) electrons. The minimum absolute atomic E-state index is 0.172. The van der Waals surface area contributed by atoms with Crippen LogP contribution in [0.4, 0.5) is 0 Å². The maximum absolute atomic E-state index is 12.5. The number of sulfonamides is 1. The number of nitrogens with one attached hydrogen (secondary N) is 1. The summed E-state index contributed by atoms with van der Waals surface area (Å²) in [6.07, 6.45) is 1.58. The first-order valence-electron chi connectivity index (χ1n) is 6.77. The van der Waals surface area contributed by atoms with Crippen molar-refractivity contribution in [2.45, 2.75) is 17.9 Å². The van der Waals surface area contributed by atoms with Gasteiger partial charge in [0.15, 0.2) is 0 Å². The van der Waals surface area contributed by atoms with Crippen molar-refractivity contribution in [2.75, 3.05) is 20.6 Å². The van der Waals surface area contributed by atoms with E-state index in [2.05, 4.69) is 20.7 Å². The summed E-state index contributed by atoms with van der Waals surface area (Å²) in [5.41, 5.74) is 0.993. The molecule has 0 aliphatic rings. The number of aryl methyl sites for hydroxylation is 1. The van der Waals surface area contributed by atoms with Gasteiger partial charge >= 0.3 is 0 Å². The van der Waals surface area contributed by atoms with Crippen molar-refractivity contribution in [3.8, 4) is 0 Å². The molecule has 0 saturated heterocycles. The van der Waals surface area contributed by atoms with E-state index in [-0.39, 0.29) is 17.5 Å². The van der Waals surface area contributed by atoms with Crippen LogP contribution in [0.3, 0.4) is 0 Å². The van der Waals surface area contributed by atoms with Crippen LogP contribution in [0.5, 0.6) is 0 Å². The lowest BCUT2D eigenvalue weighted by Gasteiger charge is -2.22. The maximum Gasteiger partial charge on any atom is 0.241 e. The highest BCUT2D eigenvalue weighted by Gasteiger charge is 2.22. The number of furan rings is 1. The first-order chi connectivity index (χ1) is 10.3. The lowest BCUT2D eigenvalue weighted by Crippen LogP contribution is -2.34. The minimum Gasteiger partial charge on any atom is -0.468 e. The molecule has 0 amide bonds. The van der Waals surface area contributed by atoms with E-state index < -0.39 is 10.0 Å². The SMILES string of the molecule is Cc1ccc(S(=O)(=O)NCC(c2ccco2)N(C)C)c(Br)c1. The van der Waals surface area contributed by atoms with E-state index in [0.717, 1.165) is 11.3 Å². The second-order valence-corrected chi connectivity index (χ2v) is 7.87. The first kappa shape index (κ1) is 17.2. The zero-order valence-corrected chi connectivity index (χ0v) is 15.1. The molecule has 22 heavy (non-hydrogen) atoms. The Morgan fingerprint density at radius 3 is 2.59 bits per heavy atom. The Hall–Kier alpha value is -1.15. The molecule has 0 aliphatic carbocycles. The summed E-state index contributed by atoms with van der Waals surface area (Å²) in [4.78, 5) is 2.14. The van der Waals surface area contributed by atoms with Crippen LogP contribution in [0.15, 0.2) is 50.4 Å². The predicted molar refractivity (Wildman–Crippen MR) is 89.2 cm³/mol. The van der Waals surface area contributed by atoms with Crippen LogP contribution in [-0.4, -0.2) is 34.0 Å². The predicted octanol–water partition coefficient (Wildman–Crippen LogP) is 2.93. The molecule has 0 fully saturated rings. The van der Waals surface area contributed by atoms with Gasteiger partial charge in [-0.15, -0.1) is 0 Å². The van der Waals surface area contributed by atoms with Gasteiger partial charge in [0.25, 0.3) is 0 Å². The number of hydrogen-bond acceptors (Lipinski definition) is 4. The van der Waals surface area contributed by atoms with E-state index in [1.54, 1.807) is 30.5 Å². The molecule has 0 bridgehead atoms. The van der Waals surface area contributed by atoms with Gasteiger partial charge in [-0.3, -0.25) is 4.90 Å². The van der Waals surface area contributed by atoms with Crippen molar-refractivity contribution in [1.29, 1.82) is 0 Å². The molecule has 0 aliphatic heterocycles. The second-order valence-electron chi connectivity index (χ2n) is 5.28. The van der Waals surface area contributed by atoms with Crippen LogP contribution >= 0.6 is 15.9 Å². The molecule has 120 valence electrons. The Kier molecular flexibility index (Phi) is 5.44. The van der Waals surface area contributed by atoms with Gasteiger partial charge in [-0.25, -0.2) is 13.1 Å². The molecule has 7 heteroatoms. The number of rotatable bonds is 6. The highest BCUT2D eigenvalue weighted by molar-refractivity contribution is 9.10. The summed E-state index contributed by atoms with van der Waals surface area (Å²) in [7, 11) is 0.164. The summed E-state index contributed by atoms with van der Waals surface area (Å²) < 4.78 is 33.5. The highest BCUT2D eigenvalue weighted by atomic mass is 79.9. The molecular formula is C15H19BrN2O3S. The topological polar surface area (TPSA) is 62.6 Å². The number of benzene rings is 1. The molecule has 5 nitrogen and oxygen atoms in total. The molecule has 1 aromatic carbocycles. The molecule has 2 aromatic rings. The van der Waals surface area contributed by atoms with Crippen LogP contribution < -0.4 is 4.72 Å². The van der Waals surface area contributed by atoms with E-state index >= 15 is 0 Å². The zero-order chi connectivity index (χ0) is 16.3. The van der Waals surface area contributed by atoms with Crippen LogP contribution in [0.25, 0.3) is 0 Å². The monoisotopic (exact) mass is 386 g/mol. The zero-order valence-electron chi connectivity index (χ0n) is 12.7. The van der Waals surface area contributed by atoms with Gasteiger partial charge in [0.1, 0.15) is 5.76 Å². The molecule has 0 saturated carbocycles. The summed E-state index contributed by atoms with van der Waals surface area (Å²) >= 11 is 3.31. The van der Waals surface area contributed by atoms with Crippen molar-refractivity contribution in [2.24, 2.45) is 0 Å². The molecule has 1 heterocycles. The fraction of sp³-hybridized carbons (Fsp3) is 0.333. The maximum atomic E-state index is 12.5. The molecule has 1 N–H and O–H groups in total. The quantitative estimate of drug-likeness (QED) is 0.828. The van der Waals surface area contributed by atoms with Crippen LogP contribution in [0, 0.1) is 6.92 Å². The van der Waals surface area contributed by atoms with E-state index in [1.807, 2.05) is 32.0 Å². The summed E-state index contributed by atoms with van der Waals surface area (Å²) in [5.74, 6) is 0.718. The fourth-order valence-electron chi connectivity index (χ4n) is 2.11. The van der Waals surface area contributed by atoms with Gasteiger partial charge in [-0.1, -0.05) is 6.07 Å². The van der Waals surface area contributed by atoms with Crippen molar-refractivity contribution in [3.63, 3.8) is 0 Å². The smallest absolute Gasteiger partial charge is 0.241 e. The van der Waals surface area contributed by atoms with E-state index in [1.165, 1.54) is 0 Å². The number of halogens is 1. The highest BCUT2D eigenvalue weighted by Crippen LogP contribution is 2.24. The third-order valence-electron chi connectivity index (χ3n) is 3.34. The Bertz CT molecular complexity index is 727. The molecule has 1 atom stereocenters. The van der Waals surface area contributed by atoms with Crippen molar-refractivity contribution >= 4 is 26.0 Å². The minimum atomic E-state index is -3.59. The van der Waals surface area contributed by atoms with E-state index in [4.69, 9.17) is 4.42 Å². The summed E-state index contributed by atoms with van der Waals surface area (Å²) in [6.45, 7) is 2.14.